The lowest BCUT2D eigenvalue weighted by molar-refractivity contribution is -0.144. The molecule has 0 saturated carbocycles. The summed E-state index contributed by atoms with van der Waals surface area (Å²) in [6.07, 6.45) is 0.0785. The van der Waals surface area contributed by atoms with Crippen LogP contribution in [0.4, 0.5) is 10.5 Å². The van der Waals surface area contributed by atoms with Gasteiger partial charge in [-0.3, -0.25) is 4.90 Å². The molecule has 0 radical (unpaired) electrons. The lowest BCUT2D eigenvalue weighted by atomic mass is 9.98. The Bertz CT molecular complexity index is 1460. The monoisotopic (exact) mass is 628 g/mol. The fourth-order valence-electron chi connectivity index (χ4n) is 6.21. The van der Waals surface area contributed by atoms with E-state index in [0.717, 1.165) is 48.7 Å². The third kappa shape index (κ3) is 7.80. The van der Waals surface area contributed by atoms with Crippen LogP contribution in [0.25, 0.3) is 11.1 Å². The molecule has 2 fully saturated rings. The first-order chi connectivity index (χ1) is 22.3. The third-order valence-corrected chi connectivity index (χ3v) is 8.92. The third-order valence-electron chi connectivity index (χ3n) is 8.92. The molecule has 2 saturated heterocycles. The maximum absolute atomic E-state index is 13.5. The number of ether oxygens (including phenoxy) is 3. The highest BCUT2D eigenvalue weighted by molar-refractivity contribution is 5.90. The van der Waals surface area contributed by atoms with Crippen LogP contribution in [-0.2, 0) is 14.3 Å². The van der Waals surface area contributed by atoms with E-state index < -0.39 is 24.1 Å². The van der Waals surface area contributed by atoms with Gasteiger partial charge < -0.3 is 29.3 Å². The minimum Gasteiger partial charge on any atom is -0.497 e. The predicted octanol–water partition coefficient (Wildman–Crippen LogP) is 4.69. The van der Waals surface area contributed by atoms with Crippen molar-refractivity contribution in [2.75, 3.05) is 58.4 Å². The van der Waals surface area contributed by atoms with Crippen LogP contribution in [0.5, 0.6) is 5.75 Å². The second-order valence-electron chi connectivity index (χ2n) is 12.1. The molecule has 0 spiro atoms. The van der Waals surface area contributed by atoms with Crippen LogP contribution in [0.15, 0.2) is 78.9 Å². The van der Waals surface area contributed by atoms with E-state index in [2.05, 4.69) is 27.2 Å². The first kappa shape index (κ1) is 32.8. The summed E-state index contributed by atoms with van der Waals surface area (Å²) in [5, 5.41) is 2.83. The number of esters is 2. The summed E-state index contributed by atoms with van der Waals surface area (Å²) < 4.78 is 16.4. The van der Waals surface area contributed by atoms with Gasteiger partial charge in [-0.1, -0.05) is 56.3 Å². The van der Waals surface area contributed by atoms with Gasteiger partial charge in [0, 0.05) is 38.4 Å². The van der Waals surface area contributed by atoms with E-state index in [1.807, 2.05) is 68.4 Å². The van der Waals surface area contributed by atoms with E-state index in [0.29, 0.717) is 18.5 Å². The molecule has 0 bridgehead atoms. The minimum atomic E-state index is -0.773. The summed E-state index contributed by atoms with van der Waals surface area (Å²) in [4.78, 5) is 45.6. The normalized spacial score (nSPS) is 19.3. The molecule has 0 aromatic heterocycles. The first-order valence-electron chi connectivity index (χ1n) is 15.9. The molecular formula is C36H44N4O6. The molecule has 5 rings (SSSR count). The molecule has 2 heterocycles. The standard InChI is InChI=1S/C36H44N4O6/c1-25(2)33(35(42)45-4)37-36(43)40-19-18-31(39-22-20-38(21-23-39)29-14-16-30(44-3)17-15-29)32(24-40)46-34(41)28-12-10-27(11-13-28)26-8-6-5-7-9-26/h5-17,25,31-33H,18-24H2,1-4H3,(H,37,43)/t31-,32-,33?/m1/s1. The summed E-state index contributed by atoms with van der Waals surface area (Å²) in [6, 6.07) is 24.2. The molecule has 2 aliphatic rings. The summed E-state index contributed by atoms with van der Waals surface area (Å²) in [5.41, 5.74) is 3.67. The predicted molar refractivity (Wildman–Crippen MR) is 177 cm³/mol. The van der Waals surface area contributed by atoms with Gasteiger partial charge in [-0.05, 0) is 59.9 Å². The molecule has 1 unspecified atom stereocenters. The number of carbonyl (C=O) groups excluding carboxylic acids is 3. The van der Waals surface area contributed by atoms with Crippen LogP contribution in [0.2, 0.25) is 0 Å². The smallest absolute Gasteiger partial charge is 0.338 e. The Morgan fingerprint density at radius 1 is 0.804 bits per heavy atom. The number of rotatable bonds is 9. The van der Waals surface area contributed by atoms with E-state index in [1.54, 1.807) is 24.1 Å². The van der Waals surface area contributed by atoms with E-state index in [9.17, 15) is 14.4 Å². The van der Waals surface area contributed by atoms with Gasteiger partial charge in [0.1, 0.15) is 17.9 Å². The van der Waals surface area contributed by atoms with Gasteiger partial charge in [0.2, 0.25) is 0 Å². The average Bonchev–Trinajstić information content (AvgIpc) is 3.10. The SMILES string of the molecule is COC(=O)C(NC(=O)N1CC[C@@H](N2CCN(c3ccc(OC)cc3)CC2)[C@H](OC(=O)c2ccc(-c3ccccc3)cc2)C1)C(C)C. The summed E-state index contributed by atoms with van der Waals surface area (Å²) in [5.74, 6) is -0.245. The molecule has 2 aliphatic heterocycles. The minimum absolute atomic E-state index is 0.0592. The number of hydrogen-bond acceptors (Lipinski definition) is 8. The number of methoxy groups -OCH3 is 2. The lowest BCUT2D eigenvalue weighted by Gasteiger charge is -2.46. The Balaban J connectivity index is 1.29. The Morgan fingerprint density at radius 2 is 1.46 bits per heavy atom. The number of nitrogens with one attached hydrogen (secondary N) is 1. The van der Waals surface area contributed by atoms with Crippen molar-refractivity contribution in [1.29, 1.82) is 0 Å². The first-order valence-corrected chi connectivity index (χ1v) is 15.9. The quantitative estimate of drug-likeness (QED) is 0.341. The Morgan fingerprint density at radius 3 is 2.07 bits per heavy atom. The van der Waals surface area contributed by atoms with Crippen molar-refractivity contribution in [2.45, 2.75) is 38.5 Å². The molecule has 1 N–H and O–H groups in total. The molecule has 0 aliphatic carbocycles. The number of hydrogen-bond donors (Lipinski definition) is 1. The largest absolute Gasteiger partial charge is 0.497 e. The van der Waals surface area contributed by atoms with Crippen LogP contribution in [-0.4, -0.2) is 99.4 Å². The van der Waals surface area contributed by atoms with Crippen LogP contribution >= 0.6 is 0 Å². The number of anilines is 1. The van der Waals surface area contributed by atoms with Crippen molar-refractivity contribution >= 4 is 23.7 Å². The molecule has 3 aromatic carbocycles. The number of urea groups is 1. The van der Waals surface area contributed by atoms with Gasteiger partial charge in [0.05, 0.1) is 32.4 Å². The van der Waals surface area contributed by atoms with Crippen LogP contribution < -0.4 is 15.0 Å². The summed E-state index contributed by atoms with van der Waals surface area (Å²) in [6.45, 7) is 7.63. The fourth-order valence-corrected chi connectivity index (χ4v) is 6.21. The molecule has 10 nitrogen and oxygen atoms in total. The van der Waals surface area contributed by atoms with Crippen LogP contribution in [0, 0.1) is 5.92 Å². The molecule has 46 heavy (non-hydrogen) atoms. The molecule has 3 aromatic rings. The Labute approximate surface area is 271 Å². The number of nitrogens with zero attached hydrogens (tertiary/aromatic N) is 3. The highest BCUT2D eigenvalue weighted by Gasteiger charge is 2.39. The second kappa shape index (κ2) is 15.1. The molecule has 2 amide bonds. The van der Waals surface area contributed by atoms with E-state index in [4.69, 9.17) is 14.2 Å². The molecule has 244 valence electrons. The van der Waals surface area contributed by atoms with E-state index >= 15 is 0 Å². The van der Waals surface area contributed by atoms with Crippen molar-refractivity contribution in [3.63, 3.8) is 0 Å². The van der Waals surface area contributed by atoms with Crippen molar-refractivity contribution in [2.24, 2.45) is 5.92 Å². The zero-order valence-corrected chi connectivity index (χ0v) is 27.1. The molecule has 10 heteroatoms. The van der Waals surface area contributed by atoms with Crippen molar-refractivity contribution in [3.05, 3.63) is 84.4 Å². The lowest BCUT2D eigenvalue weighted by Crippen LogP contribution is -2.62. The number of carbonyl (C=O) groups is 3. The van der Waals surface area contributed by atoms with Gasteiger partial charge in [0.25, 0.3) is 0 Å². The van der Waals surface area contributed by atoms with Crippen molar-refractivity contribution in [1.82, 2.24) is 15.1 Å². The topological polar surface area (TPSA) is 101 Å². The Kier molecular flexibility index (Phi) is 10.8. The van der Waals surface area contributed by atoms with E-state index in [1.165, 1.54) is 7.11 Å². The van der Waals surface area contributed by atoms with E-state index in [-0.39, 0.29) is 24.5 Å². The molecular weight excluding hydrogens is 584 g/mol. The van der Waals surface area contributed by atoms with Gasteiger partial charge in [-0.25, -0.2) is 14.4 Å². The number of likely N-dealkylation sites (tertiary alicyclic amines) is 1. The van der Waals surface area contributed by atoms with Gasteiger partial charge >= 0.3 is 18.0 Å². The summed E-state index contributed by atoms with van der Waals surface area (Å²) in [7, 11) is 2.97. The van der Waals surface area contributed by atoms with Crippen molar-refractivity contribution in [3.8, 4) is 16.9 Å². The number of amides is 2. The zero-order chi connectivity index (χ0) is 32.6. The Hall–Kier alpha value is -4.57. The molecule has 3 atom stereocenters. The fraction of sp³-hybridized carbons (Fsp3) is 0.417. The van der Waals surface area contributed by atoms with Gasteiger partial charge in [-0.2, -0.15) is 0 Å². The average molecular weight is 629 g/mol. The van der Waals surface area contributed by atoms with Crippen LogP contribution in [0.1, 0.15) is 30.6 Å². The highest BCUT2D eigenvalue weighted by Crippen LogP contribution is 2.26. The number of piperazine rings is 1. The second-order valence-corrected chi connectivity index (χ2v) is 12.1. The van der Waals surface area contributed by atoms with Gasteiger partial charge in [-0.15, -0.1) is 0 Å². The zero-order valence-electron chi connectivity index (χ0n) is 27.1. The number of benzene rings is 3. The maximum Gasteiger partial charge on any atom is 0.338 e. The maximum atomic E-state index is 13.5. The summed E-state index contributed by atoms with van der Waals surface area (Å²) >= 11 is 0. The van der Waals surface area contributed by atoms with Crippen LogP contribution in [0.3, 0.4) is 0 Å². The van der Waals surface area contributed by atoms with Crippen molar-refractivity contribution < 1.29 is 28.6 Å². The number of piperidine rings is 1. The van der Waals surface area contributed by atoms with Gasteiger partial charge in [0.15, 0.2) is 0 Å². The highest BCUT2D eigenvalue weighted by atomic mass is 16.5.